The monoisotopic (exact) mass is 1050 g/mol. The molecule has 1 unspecified atom stereocenters. The molecule has 0 spiro atoms. The molecular weight excluding hydrogens is 937 g/mol. The van der Waals surface area contributed by atoms with Crippen LogP contribution in [-0.2, 0) is 28.6 Å². The molecule has 0 aliphatic heterocycles. The van der Waals surface area contributed by atoms with Crippen molar-refractivity contribution in [2.24, 2.45) is 0 Å². The molecule has 0 aliphatic rings. The number of carbonyl (C=O) groups is 3. The molecule has 0 amide bonds. The van der Waals surface area contributed by atoms with Gasteiger partial charge in [-0.1, -0.05) is 244 Å². The summed E-state index contributed by atoms with van der Waals surface area (Å²) >= 11 is 0. The molecule has 6 nitrogen and oxygen atoms in total. The zero-order valence-corrected chi connectivity index (χ0v) is 49.0. The summed E-state index contributed by atoms with van der Waals surface area (Å²) in [7, 11) is 0. The molecule has 1 atom stereocenters. The van der Waals surface area contributed by atoms with Crippen molar-refractivity contribution in [1.82, 2.24) is 0 Å². The van der Waals surface area contributed by atoms with E-state index in [1.54, 1.807) is 0 Å². The fourth-order valence-electron chi connectivity index (χ4n) is 8.00. The fourth-order valence-corrected chi connectivity index (χ4v) is 8.00. The van der Waals surface area contributed by atoms with Crippen molar-refractivity contribution >= 4 is 17.9 Å². The van der Waals surface area contributed by atoms with Crippen LogP contribution in [0.3, 0.4) is 0 Å². The van der Waals surface area contributed by atoms with Crippen LogP contribution in [0.4, 0.5) is 0 Å². The molecule has 76 heavy (non-hydrogen) atoms. The summed E-state index contributed by atoms with van der Waals surface area (Å²) < 4.78 is 16.8. The van der Waals surface area contributed by atoms with Crippen LogP contribution in [0.25, 0.3) is 0 Å². The van der Waals surface area contributed by atoms with Crippen LogP contribution in [0, 0.1) is 0 Å². The molecule has 0 saturated carbocycles. The largest absolute Gasteiger partial charge is 0.462 e. The zero-order valence-electron chi connectivity index (χ0n) is 49.0. The van der Waals surface area contributed by atoms with E-state index >= 15 is 0 Å². The van der Waals surface area contributed by atoms with Crippen molar-refractivity contribution in [3.05, 3.63) is 146 Å². The van der Waals surface area contributed by atoms with Crippen LogP contribution in [0.5, 0.6) is 0 Å². The van der Waals surface area contributed by atoms with E-state index in [4.69, 9.17) is 14.2 Å². The van der Waals surface area contributed by atoms with E-state index in [0.29, 0.717) is 19.3 Å². The van der Waals surface area contributed by atoms with Crippen LogP contribution in [-0.4, -0.2) is 37.2 Å². The SMILES string of the molecule is CC/C=C\C/C=C\C/C=C\C/C=C\C/C=C\C/C=C\C/C=C\CCCCCCCCCC(=O)OCC(COC(=O)CCCCCCC/C=C\CCCCC)OC(=O)CCCCCC/C=C\C/C=C\C/C=C\C/C=C\CC. The first kappa shape index (κ1) is 71.3. The van der Waals surface area contributed by atoms with Crippen molar-refractivity contribution in [3.63, 3.8) is 0 Å². The van der Waals surface area contributed by atoms with Crippen LogP contribution in [0.2, 0.25) is 0 Å². The van der Waals surface area contributed by atoms with Gasteiger partial charge in [-0.2, -0.15) is 0 Å². The third kappa shape index (κ3) is 60.2. The van der Waals surface area contributed by atoms with Gasteiger partial charge in [-0.25, -0.2) is 0 Å². The molecule has 0 aromatic carbocycles. The summed E-state index contributed by atoms with van der Waals surface area (Å²) in [6.45, 7) is 6.34. The first-order valence-electron chi connectivity index (χ1n) is 30.8. The normalized spacial score (nSPS) is 13.1. The second kappa shape index (κ2) is 62.8. The molecule has 0 rings (SSSR count). The Bertz CT molecular complexity index is 1680. The lowest BCUT2D eigenvalue weighted by atomic mass is 10.1. The standard InChI is InChI=1S/C70H112O6/c1-4-7-10-13-16-19-22-25-27-29-30-31-32-33-34-35-36-37-38-39-40-42-43-45-48-51-54-57-60-63-69(72)75-66-67(65-74-68(71)62-59-56-53-50-47-24-21-18-15-12-9-6-3)76-70(73)64-61-58-55-52-49-46-44-41-28-26-23-20-17-14-11-8-5-2/h7-8,10-11,16-21,25-28,30-31,33-34,36-37,39-40,44,46,67H,4-6,9,12-15,22-24,29,32,35,38,41-43,45,47-66H2,1-3H3/b10-7-,11-8-,19-16-,20-17-,21-18-,27-25-,28-26-,31-30-,34-33-,37-36-,40-39-,46-44-. The lowest BCUT2D eigenvalue weighted by Gasteiger charge is -2.18. The highest BCUT2D eigenvalue weighted by molar-refractivity contribution is 5.71. The van der Waals surface area contributed by atoms with E-state index in [-0.39, 0.29) is 31.1 Å². The Kier molecular flexibility index (Phi) is 58.9. The Morgan fingerprint density at radius 2 is 0.513 bits per heavy atom. The maximum Gasteiger partial charge on any atom is 0.306 e. The molecule has 6 heteroatoms. The van der Waals surface area contributed by atoms with Gasteiger partial charge in [0.15, 0.2) is 6.10 Å². The minimum absolute atomic E-state index is 0.101. The molecule has 0 heterocycles. The number of hydrogen-bond donors (Lipinski definition) is 0. The van der Waals surface area contributed by atoms with Crippen LogP contribution < -0.4 is 0 Å². The molecule has 0 fully saturated rings. The Hall–Kier alpha value is -4.71. The van der Waals surface area contributed by atoms with Gasteiger partial charge in [-0.05, 0) is 141 Å². The van der Waals surface area contributed by atoms with Gasteiger partial charge in [-0.3, -0.25) is 14.4 Å². The van der Waals surface area contributed by atoms with Gasteiger partial charge >= 0.3 is 17.9 Å². The topological polar surface area (TPSA) is 78.9 Å². The van der Waals surface area contributed by atoms with E-state index in [1.807, 2.05) is 0 Å². The quantitative estimate of drug-likeness (QED) is 0.0261. The van der Waals surface area contributed by atoms with Crippen LogP contribution >= 0.6 is 0 Å². The van der Waals surface area contributed by atoms with Crippen LogP contribution in [0.15, 0.2) is 146 Å². The summed E-state index contributed by atoms with van der Waals surface area (Å²) in [6, 6.07) is 0. The maximum absolute atomic E-state index is 12.9. The van der Waals surface area contributed by atoms with Crippen molar-refractivity contribution in [1.29, 1.82) is 0 Å². The Labute approximate surface area is 467 Å². The average Bonchev–Trinajstić information content (AvgIpc) is 3.42. The number of allylic oxidation sites excluding steroid dienone is 24. The number of rotatable bonds is 54. The van der Waals surface area contributed by atoms with Crippen molar-refractivity contribution in [2.45, 2.75) is 264 Å². The minimum atomic E-state index is -0.805. The van der Waals surface area contributed by atoms with E-state index in [0.717, 1.165) is 161 Å². The lowest BCUT2D eigenvalue weighted by Crippen LogP contribution is -2.30. The van der Waals surface area contributed by atoms with Gasteiger partial charge < -0.3 is 14.2 Å². The second-order valence-corrected chi connectivity index (χ2v) is 19.8. The number of hydrogen-bond acceptors (Lipinski definition) is 6. The molecule has 0 aromatic heterocycles. The molecule has 0 aliphatic carbocycles. The van der Waals surface area contributed by atoms with Gasteiger partial charge in [0.25, 0.3) is 0 Å². The summed E-state index contributed by atoms with van der Waals surface area (Å²) in [6.07, 6.45) is 89.9. The van der Waals surface area contributed by atoms with E-state index in [2.05, 4.69) is 167 Å². The van der Waals surface area contributed by atoms with Gasteiger partial charge in [0.05, 0.1) is 0 Å². The smallest absolute Gasteiger partial charge is 0.306 e. The fraction of sp³-hybridized carbons (Fsp3) is 0.614. The van der Waals surface area contributed by atoms with Crippen molar-refractivity contribution in [3.8, 4) is 0 Å². The summed E-state index contributed by atoms with van der Waals surface area (Å²) in [5.41, 5.74) is 0. The highest BCUT2D eigenvalue weighted by atomic mass is 16.6. The third-order valence-electron chi connectivity index (χ3n) is 12.6. The predicted octanol–water partition coefficient (Wildman–Crippen LogP) is 21.2. The summed E-state index contributed by atoms with van der Waals surface area (Å²) in [4.78, 5) is 38.2. The maximum atomic E-state index is 12.9. The summed E-state index contributed by atoms with van der Waals surface area (Å²) in [5, 5.41) is 0. The van der Waals surface area contributed by atoms with E-state index in [1.165, 1.54) is 57.8 Å². The predicted molar refractivity (Wildman–Crippen MR) is 329 cm³/mol. The summed E-state index contributed by atoms with van der Waals surface area (Å²) in [5.74, 6) is -0.948. The van der Waals surface area contributed by atoms with Gasteiger partial charge in [-0.15, -0.1) is 0 Å². The van der Waals surface area contributed by atoms with Gasteiger partial charge in [0.1, 0.15) is 13.2 Å². The molecule has 0 bridgehead atoms. The Morgan fingerprint density at radius 3 is 0.816 bits per heavy atom. The molecule has 0 N–H and O–H groups in total. The molecule has 428 valence electrons. The number of carbonyl (C=O) groups excluding carboxylic acids is 3. The Morgan fingerprint density at radius 1 is 0.276 bits per heavy atom. The first-order chi connectivity index (χ1) is 37.5. The van der Waals surface area contributed by atoms with Crippen LogP contribution in [0.1, 0.15) is 258 Å². The molecular formula is C70H112O6. The lowest BCUT2D eigenvalue weighted by molar-refractivity contribution is -0.167. The number of ether oxygens (including phenoxy) is 3. The molecule has 0 radical (unpaired) electrons. The second-order valence-electron chi connectivity index (χ2n) is 19.8. The van der Waals surface area contributed by atoms with Crippen molar-refractivity contribution in [2.75, 3.05) is 13.2 Å². The highest BCUT2D eigenvalue weighted by Crippen LogP contribution is 2.14. The molecule has 0 saturated heterocycles. The van der Waals surface area contributed by atoms with E-state index < -0.39 is 6.10 Å². The van der Waals surface area contributed by atoms with Gasteiger partial charge in [0, 0.05) is 19.3 Å². The number of unbranched alkanes of at least 4 members (excludes halogenated alkanes) is 19. The van der Waals surface area contributed by atoms with E-state index in [9.17, 15) is 14.4 Å². The average molecular weight is 1050 g/mol. The Balaban J connectivity index is 4.37. The first-order valence-corrected chi connectivity index (χ1v) is 30.8. The number of esters is 3. The third-order valence-corrected chi connectivity index (χ3v) is 12.6. The van der Waals surface area contributed by atoms with Gasteiger partial charge in [0.2, 0.25) is 0 Å². The highest BCUT2D eigenvalue weighted by Gasteiger charge is 2.19. The minimum Gasteiger partial charge on any atom is -0.462 e. The zero-order chi connectivity index (χ0) is 55.0. The molecule has 0 aromatic rings. The van der Waals surface area contributed by atoms with Crippen molar-refractivity contribution < 1.29 is 28.6 Å².